The average molecular weight is 350 g/mol. The first kappa shape index (κ1) is 14.2. The topological polar surface area (TPSA) is 72.0 Å². The minimum absolute atomic E-state index is 0.265. The first-order valence-electron chi connectivity index (χ1n) is 6.87. The van der Waals surface area contributed by atoms with Gasteiger partial charge in [0.15, 0.2) is 5.82 Å². The molecule has 2 heterocycles. The Morgan fingerprint density at radius 3 is 3.14 bits per heavy atom. The van der Waals surface area contributed by atoms with E-state index < -0.39 is 0 Å². The van der Waals surface area contributed by atoms with Crippen LogP contribution in [0.15, 0.2) is 34.9 Å². The molecule has 0 aliphatic carbocycles. The average Bonchev–Trinajstić information content (AvgIpc) is 2.99. The predicted molar refractivity (Wildman–Crippen MR) is 84.7 cm³/mol. The molecule has 0 bridgehead atoms. The molecule has 0 spiro atoms. The van der Waals surface area contributed by atoms with Crippen molar-refractivity contribution in [2.24, 2.45) is 0 Å². The van der Waals surface area contributed by atoms with Crippen molar-refractivity contribution in [2.45, 2.75) is 18.9 Å². The quantitative estimate of drug-likeness (QED) is 0.864. The second kappa shape index (κ2) is 6.82. The van der Waals surface area contributed by atoms with E-state index in [9.17, 15) is 0 Å². The number of halogens is 1. The van der Waals surface area contributed by atoms with E-state index in [2.05, 4.69) is 41.7 Å². The van der Waals surface area contributed by atoms with Crippen LogP contribution in [0.25, 0.3) is 0 Å². The van der Waals surface area contributed by atoms with Crippen LogP contribution in [0.5, 0.6) is 0 Å². The van der Waals surface area contributed by atoms with Crippen LogP contribution in [0.4, 0.5) is 17.5 Å². The van der Waals surface area contributed by atoms with Crippen LogP contribution in [-0.2, 0) is 4.74 Å². The van der Waals surface area contributed by atoms with E-state index in [4.69, 9.17) is 4.74 Å². The fourth-order valence-electron chi connectivity index (χ4n) is 2.16. The molecule has 1 unspecified atom stereocenters. The van der Waals surface area contributed by atoms with Crippen molar-refractivity contribution in [3.05, 3.63) is 34.9 Å². The number of nitrogens with one attached hydrogen (secondary N) is 2. The Labute approximate surface area is 131 Å². The minimum Gasteiger partial charge on any atom is -0.376 e. The highest BCUT2D eigenvalue weighted by atomic mass is 79.9. The molecule has 3 rings (SSSR count). The first-order chi connectivity index (χ1) is 10.3. The third-order valence-corrected chi connectivity index (χ3v) is 3.67. The Morgan fingerprint density at radius 1 is 1.38 bits per heavy atom. The molecule has 1 fully saturated rings. The number of aromatic nitrogens is 3. The lowest BCUT2D eigenvalue weighted by Crippen LogP contribution is -2.19. The summed E-state index contributed by atoms with van der Waals surface area (Å²) in [6.07, 6.45) is 4.10. The second-order valence-electron chi connectivity index (χ2n) is 4.82. The predicted octanol–water partition coefficient (Wildman–Crippen LogP) is 2.97. The van der Waals surface area contributed by atoms with Crippen LogP contribution < -0.4 is 10.6 Å². The highest BCUT2D eigenvalue weighted by molar-refractivity contribution is 9.10. The smallest absolute Gasteiger partial charge is 0.249 e. The third-order valence-electron chi connectivity index (χ3n) is 3.17. The molecule has 21 heavy (non-hydrogen) atoms. The Balaban J connectivity index is 1.62. The van der Waals surface area contributed by atoms with Gasteiger partial charge in [-0.15, -0.1) is 5.10 Å². The summed E-state index contributed by atoms with van der Waals surface area (Å²) >= 11 is 3.43. The van der Waals surface area contributed by atoms with E-state index in [1.54, 1.807) is 6.20 Å². The van der Waals surface area contributed by atoms with Gasteiger partial charge in [0.05, 0.1) is 12.3 Å². The highest BCUT2D eigenvalue weighted by Gasteiger charge is 2.15. The van der Waals surface area contributed by atoms with Gasteiger partial charge in [0.25, 0.3) is 0 Å². The van der Waals surface area contributed by atoms with E-state index in [1.807, 2.05) is 24.3 Å². The molecule has 0 radical (unpaired) electrons. The molecule has 7 heteroatoms. The van der Waals surface area contributed by atoms with Gasteiger partial charge in [0, 0.05) is 23.3 Å². The SMILES string of the molecule is Brc1cccc(Nc2nncc(NCC3CCCO3)n2)c1. The minimum atomic E-state index is 0.265. The van der Waals surface area contributed by atoms with Crippen molar-refractivity contribution < 1.29 is 4.74 Å². The van der Waals surface area contributed by atoms with Crippen LogP contribution in [-0.4, -0.2) is 34.4 Å². The molecule has 1 atom stereocenters. The molecular formula is C14H16BrN5O. The summed E-state index contributed by atoms with van der Waals surface area (Å²) in [6, 6.07) is 7.81. The van der Waals surface area contributed by atoms with Gasteiger partial charge < -0.3 is 15.4 Å². The van der Waals surface area contributed by atoms with E-state index in [-0.39, 0.29) is 6.10 Å². The largest absolute Gasteiger partial charge is 0.376 e. The Morgan fingerprint density at radius 2 is 2.33 bits per heavy atom. The maximum Gasteiger partial charge on any atom is 0.249 e. The van der Waals surface area contributed by atoms with Gasteiger partial charge in [-0.3, -0.25) is 0 Å². The number of ether oxygens (including phenoxy) is 1. The molecular weight excluding hydrogens is 334 g/mol. The lowest BCUT2D eigenvalue weighted by molar-refractivity contribution is 0.120. The normalized spacial score (nSPS) is 17.7. The molecule has 2 aromatic rings. The Hall–Kier alpha value is -1.73. The number of nitrogens with zero attached hydrogens (tertiary/aromatic N) is 3. The summed E-state index contributed by atoms with van der Waals surface area (Å²) in [6.45, 7) is 1.60. The molecule has 1 aromatic carbocycles. The fourth-order valence-corrected chi connectivity index (χ4v) is 2.56. The summed E-state index contributed by atoms with van der Waals surface area (Å²) in [5, 5.41) is 14.3. The van der Waals surface area contributed by atoms with Gasteiger partial charge in [-0.05, 0) is 31.0 Å². The lowest BCUT2D eigenvalue weighted by Gasteiger charge is -2.11. The van der Waals surface area contributed by atoms with Crippen molar-refractivity contribution in [1.29, 1.82) is 0 Å². The van der Waals surface area contributed by atoms with Crippen LogP contribution >= 0.6 is 15.9 Å². The van der Waals surface area contributed by atoms with Crippen LogP contribution in [0.2, 0.25) is 0 Å². The van der Waals surface area contributed by atoms with Crippen LogP contribution in [0.3, 0.4) is 0 Å². The number of hydrogen-bond donors (Lipinski definition) is 2. The van der Waals surface area contributed by atoms with E-state index in [1.165, 1.54) is 0 Å². The van der Waals surface area contributed by atoms with E-state index >= 15 is 0 Å². The Bertz CT molecular complexity index is 603. The number of anilines is 3. The van der Waals surface area contributed by atoms with Crippen molar-refractivity contribution in [1.82, 2.24) is 15.2 Å². The molecule has 1 aromatic heterocycles. The maximum atomic E-state index is 5.57. The summed E-state index contributed by atoms with van der Waals surface area (Å²) < 4.78 is 6.56. The zero-order chi connectivity index (χ0) is 14.5. The second-order valence-corrected chi connectivity index (χ2v) is 5.73. The van der Waals surface area contributed by atoms with E-state index in [0.717, 1.165) is 36.2 Å². The molecule has 1 aliphatic heterocycles. The van der Waals surface area contributed by atoms with Crippen LogP contribution in [0.1, 0.15) is 12.8 Å². The summed E-state index contributed by atoms with van der Waals surface area (Å²) in [5.74, 6) is 1.16. The van der Waals surface area contributed by atoms with Crippen LogP contribution in [0, 0.1) is 0 Å². The molecule has 2 N–H and O–H groups in total. The molecule has 6 nitrogen and oxygen atoms in total. The maximum absolute atomic E-state index is 5.57. The van der Waals surface area contributed by atoms with Gasteiger partial charge in [0.2, 0.25) is 5.95 Å². The van der Waals surface area contributed by atoms with Crippen molar-refractivity contribution in [2.75, 3.05) is 23.8 Å². The molecule has 1 saturated heterocycles. The summed E-state index contributed by atoms with van der Waals surface area (Å²) in [5.41, 5.74) is 0.905. The van der Waals surface area contributed by atoms with Gasteiger partial charge in [-0.2, -0.15) is 10.1 Å². The lowest BCUT2D eigenvalue weighted by atomic mass is 10.2. The van der Waals surface area contributed by atoms with E-state index in [0.29, 0.717) is 11.8 Å². The number of rotatable bonds is 5. The van der Waals surface area contributed by atoms with Crippen molar-refractivity contribution >= 4 is 33.4 Å². The highest BCUT2D eigenvalue weighted by Crippen LogP contribution is 2.19. The Kier molecular flexibility index (Phi) is 4.62. The monoisotopic (exact) mass is 349 g/mol. The first-order valence-corrected chi connectivity index (χ1v) is 7.67. The number of hydrogen-bond acceptors (Lipinski definition) is 6. The zero-order valence-corrected chi connectivity index (χ0v) is 13.0. The molecule has 1 aliphatic rings. The molecule has 0 saturated carbocycles. The zero-order valence-electron chi connectivity index (χ0n) is 11.4. The fraction of sp³-hybridized carbons (Fsp3) is 0.357. The van der Waals surface area contributed by atoms with Gasteiger partial charge >= 0.3 is 0 Å². The summed E-state index contributed by atoms with van der Waals surface area (Å²) in [4.78, 5) is 4.39. The van der Waals surface area contributed by atoms with Gasteiger partial charge in [0.1, 0.15) is 0 Å². The van der Waals surface area contributed by atoms with Crippen molar-refractivity contribution in [3.8, 4) is 0 Å². The standard InChI is InChI=1S/C14H16BrN5O/c15-10-3-1-4-11(7-10)18-14-19-13(9-17-20-14)16-8-12-5-2-6-21-12/h1,3-4,7,9,12H,2,5-6,8H2,(H2,16,18,19,20). The molecule has 110 valence electrons. The third kappa shape index (κ3) is 4.12. The molecule has 0 amide bonds. The van der Waals surface area contributed by atoms with Crippen molar-refractivity contribution in [3.63, 3.8) is 0 Å². The summed E-state index contributed by atoms with van der Waals surface area (Å²) in [7, 11) is 0. The van der Waals surface area contributed by atoms with Gasteiger partial charge in [-0.25, -0.2) is 0 Å². The number of benzene rings is 1. The van der Waals surface area contributed by atoms with Gasteiger partial charge in [-0.1, -0.05) is 22.0 Å².